The molecule has 1 aromatic heterocycles. The molecule has 1 atom stereocenters. The van der Waals surface area contributed by atoms with Crippen LogP contribution in [0.4, 0.5) is 5.82 Å². The number of nitrogens with one attached hydrogen (secondary N) is 2. The maximum Gasteiger partial charge on any atom is 0.326 e. The van der Waals surface area contributed by atoms with E-state index >= 15 is 0 Å². The molecule has 1 amide bonds. The van der Waals surface area contributed by atoms with Crippen molar-refractivity contribution in [1.29, 1.82) is 0 Å². The number of anilines is 1. The molecular weight excluding hydrogens is 416 g/mol. The van der Waals surface area contributed by atoms with Gasteiger partial charge in [-0.1, -0.05) is 36.4 Å². The monoisotopic (exact) mass is 452 g/mol. The van der Waals surface area contributed by atoms with Gasteiger partial charge < -0.3 is 20.6 Å². The third-order valence-electron chi connectivity index (χ3n) is 6.19. The van der Waals surface area contributed by atoms with Gasteiger partial charge in [0.2, 0.25) is 6.41 Å². The van der Waals surface area contributed by atoms with Crippen LogP contribution < -0.4 is 10.6 Å². The molecule has 2 heterocycles. The van der Waals surface area contributed by atoms with Gasteiger partial charge in [0, 0.05) is 18.8 Å². The van der Waals surface area contributed by atoms with Crippen LogP contribution in [-0.2, 0) is 28.9 Å². The van der Waals surface area contributed by atoms with Gasteiger partial charge in [-0.05, 0) is 81.6 Å². The van der Waals surface area contributed by atoms with Gasteiger partial charge in [0.25, 0.3) is 0 Å². The smallest absolute Gasteiger partial charge is 0.326 e. The van der Waals surface area contributed by atoms with Gasteiger partial charge in [-0.15, -0.1) is 0 Å². The highest BCUT2D eigenvalue weighted by atomic mass is 16.4. The Morgan fingerprint density at radius 2 is 1.91 bits per heavy atom. The molecule has 3 rings (SSSR count). The predicted octanol–water partition coefficient (Wildman–Crippen LogP) is 3.29. The average molecular weight is 453 g/mol. The van der Waals surface area contributed by atoms with Gasteiger partial charge >= 0.3 is 5.97 Å². The lowest BCUT2D eigenvalue weighted by Gasteiger charge is -2.24. The molecule has 0 saturated heterocycles. The summed E-state index contributed by atoms with van der Waals surface area (Å²) < 4.78 is 0. The molecule has 0 bridgehead atoms. The molecule has 178 valence electrons. The fourth-order valence-corrected chi connectivity index (χ4v) is 4.31. The number of benzene rings is 1. The molecule has 7 nitrogen and oxygen atoms in total. The summed E-state index contributed by atoms with van der Waals surface area (Å²) in [6.07, 6.45) is 8.16. The molecule has 3 N–H and O–H groups in total. The van der Waals surface area contributed by atoms with E-state index in [1.54, 1.807) is 0 Å². The third-order valence-corrected chi connectivity index (χ3v) is 6.19. The van der Waals surface area contributed by atoms with E-state index in [0.717, 1.165) is 69.7 Å². The maximum atomic E-state index is 11.4. The zero-order valence-electron chi connectivity index (χ0n) is 19.3. The summed E-state index contributed by atoms with van der Waals surface area (Å²) in [4.78, 5) is 29.2. The summed E-state index contributed by atoms with van der Waals surface area (Å²) in [5, 5.41) is 15.1. The topological polar surface area (TPSA) is 94.6 Å². The molecule has 1 aromatic carbocycles. The second-order valence-corrected chi connectivity index (χ2v) is 8.69. The highest BCUT2D eigenvalue weighted by Gasteiger charge is 2.18. The molecule has 1 unspecified atom stereocenters. The fraction of sp³-hybridized carbons (Fsp3) is 0.500. The number of carboxylic acids is 1. The van der Waals surface area contributed by atoms with Gasteiger partial charge in [0.05, 0.1) is 0 Å². The van der Waals surface area contributed by atoms with Crippen LogP contribution >= 0.6 is 0 Å². The van der Waals surface area contributed by atoms with E-state index in [4.69, 9.17) is 4.98 Å². The van der Waals surface area contributed by atoms with Crippen LogP contribution in [0.15, 0.2) is 42.5 Å². The van der Waals surface area contributed by atoms with E-state index < -0.39 is 12.0 Å². The Hall–Kier alpha value is -2.93. The summed E-state index contributed by atoms with van der Waals surface area (Å²) in [5.41, 5.74) is 3.75. The normalized spacial score (nSPS) is 13.7. The predicted molar refractivity (Wildman–Crippen MR) is 130 cm³/mol. The lowest BCUT2D eigenvalue weighted by Crippen LogP contribution is -2.39. The number of pyridine rings is 1. The molecule has 0 fully saturated rings. The molecule has 7 heteroatoms. The van der Waals surface area contributed by atoms with Gasteiger partial charge in [0.15, 0.2) is 0 Å². The van der Waals surface area contributed by atoms with Gasteiger partial charge in [-0.25, -0.2) is 9.78 Å². The van der Waals surface area contributed by atoms with Crippen molar-refractivity contribution >= 4 is 18.2 Å². The van der Waals surface area contributed by atoms with E-state index in [0.29, 0.717) is 19.4 Å². The van der Waals surface area contributed by atoms with Crippen molar-refractivity contribution < 1.29 is 14.7 Å². The molecule has 0 aliphatic carbocycles. The minimum Gasteiger partial charge on any atom is -0.480 e. The maximum absolute atomic E-state index is 11.4. The molecular formula is C26H36N4O3. The second kappa shape index (κ2) is 13.6. The van der Waals surface area contributed by atoms with Crippen LogP contribution in [0.3, 0.4) is 0 Å². The number of fused-ring (bicyclic) bond motifs is 1. The van der Waals surface area contributed by atoms with E-state index in [1.807, 2.05) is 6.07 Å². The molecule has 0 saturated carbocycles. The minimum absolute atomic E-state index is 0.400. The number of carboxylic acid groups (broad SMARTS) is 1. The Balaban J connectivity index is 1.47. The highest BCUT2D eigenvalue weighted by molar-refractivity contribution is 5.76. The Bertz CT molecular complexity index is 875. The van der Waals surface area contributed by atoms with Crippen molar-refractivity contribution in [2.24, 2.45) is 0 Å². The molecule has 2 aromatic rings. The number of aromatic nitrogens is 1. The Kier molecular flexibility index (Phi) is 10.2. The SMILES string of the molecule is O=CNC(CCN(CCCCc1ccc2c(n1)NCCC2)CCCc1ccccc1)C(=O)O. The number of hydrogen-bond acceptors (Lipinski definition) is 5. The lowest BCUT2D eigenvalue weighted by atomic mass is 10.1. The Labute approximate surface area is 196 Å². The summed E-state index contributed by atoms with van der Waals surface area (Å²) >= 11 is 0. The first kappa shape index (κ1) is 24.7. The van der Waals surface area contributed by atoms with E-state index in [2.05, 4.69) is 51.9 Å². The number of unbranched alkanes of at least 4 members (excludes halogenated alkanes) is 1. The number of aryl methyl sites for hydroxylation is 3. The van der Waals surface area contributed by atoms with Crippen molar-refractivity contribution in [2.45, 2.75) is 57.4 Å². The first-order valence-corrected chi connectivity index (χ1v) is 12.1. The number of nitrogens with zero attached hydrogens (tertiary/aromatic N) is 2. The van der Waals surface area contributed by atoms with Crippen LogP contribution in [0.5, 0.6) is 0 Å². The fourth-order valence-electron chi connectivity index (χ4n) is 4.31. The summed E-state index contributed by atoms with van der Waals surface area (Å²) in [6.45, 7) is 3.46. The number of carbonyl (C=O) groups excluding carboxylic acids is 1. The van der Waals surface area contributed by atoms with Crippen LogP contribution in [0, 0.1) is 0 Å². The average Bonchev–Trinajstić information content (AvgIpc) is 2.84. The molecule has 1 aliphatic heterocycles. The van der Waals surface area contributed by atoms with Crippen LogP contribution in [0.25, 0.3) is 0 Å². The molecule has 0 radical (unpaired) electrons. The van der Waals surface area contributed by atoms with Crippen molar-refractivity contribution in [3.63, 3.8) is 0 Å². The zero-order chi connectivity index (χ0) is 23.3. The van der Waals surface area contributed by atoms with Crippen molar-refractivity contribution in [2.75, 3.05) is 31.5 Å². The van der Waals surface area contributed by atoms with Gasteiger partial charge in [0.1, 0.15) is 11.9 Å². The van der Waals surface area contributed by atoms with E-state index in [-0.39, 0.29) is 0 Å². The van der Waals surface area contributed by atoms with Gasteiger partial charge in [-0.3, -0.25) is 4.79 Å². The number of amides is 1. The second-order valence-electron chi connectivity index (χ2n) is 8.69. The van der Waals surface area contributed by atoms with Crippen molar-refractivity contribution in [3.05, 3.63) is 59.3 Å². The van der Waals surface area contributed by atoms with Crippen LogP contribution in [-0.4, -0.2) is 59.6 Å². The third kappa shape index (κ3) is 8.50. The molecule has 33 heavy (non-hydrogen) atoms. The standard InChI is InChI=1S/C26H36N4O3/c31-20-28-24(26(32)33)15-19-30(18-7-10-21-8-2-1-3-9-21)17-5-4-12-23-14-13-22-11-6-16-27-25(22)29-23/h1-3,8-9,13-14,20,24H,4-7,10-12,15-19H2,(H,27,29)(H,28,31)(H,32,33). The molecule has 0 spiro atoms. The highest BCUT2D eigenvalue weighted by Crippen LogP contribution is 2.20. The van der Waals surface area contributed by atoms with E-state index in [9.17, 15) is 14.7 Å². The summed E-state index contributed by atoms with van der Waals surface area (Å²) in [6, 6.07) is 13.9. The van der Waals surface area contributed by atoms with Gasteiger partial charge in [-0.2, -0.15) is 0 Å². The minimum atomic E-state index is -0.988. The Morgan fingerprint density at radius 1 is 1.09 bits per heavy atom. The first-order chi connectivity index (χ1) is 16.2. The van der Waals surface area contributed by atoms with Crippen LogP contribution in [0.2, 0.25) is 0 Å². The largest absolute Gasteiger partial charge is 0.480 e. The van der Waals surface area contributed by atoms with Crippen molar-refractivity contribution in [3.8, 4) is 0 Å². The number of aliphatic carboxylic acids is 1. The van der Waals surface area contributed by atoms with Crippen molar-refractivity contribution in [1.82, 2.24) is 15.2 Å². The van der Waals surface area contributed by atoms with Crippen LogP contribution in [0.1, 0.15) is 48.9 Å². The zero-order valence-corrected chi connectivity index (χ0v) is 19.3. The van der Waals surface area contributed by atoms with E-state index in [1.165, 1.54) is 17.5 Å². The number of rotatable bonds is 15. The number of hydrogen-bond donors (Lipinski definition) is 3. The molecule has 1 aliphatic rings. The first-order valence-electron chi connectivity index (χ1n) is 12.1. The summed E-state index contributed by atoms with van der Waals surface area (Å²) in [7, 11) is 0. The summed E-state index contributed by atoms with van der Waals surface area (Å²) in [5.74, 6) is 0.0575. The Morgan fingerprint density at radius 3 is 2.70 bits per heavy atom. The number of carbonyl (C=O) groups is 2. The quantitative estimate of drug-likeness (QED) is 0.284. The lowest BCUT2D eigenvalue weighted by molar-refractivity contribution is -0.140.